The van der Waals surface area contributed by atoms with Crippen molar-refractivity contribution in [3.63, 3.8) is 0 Å². The minimum absolute atomic E-state index is 0.0169. The van der Waals surface area contributed by atoms with Gasteiger partial charge in [0.1, 0.15) is 5.75 Å². The lowest BCUT2D eigenvalue weighted by atomic mass is 10.2. The van der Waals surface area contributed by atoms with Crippen LogP contribution >= 0.6 is 0 Å². The maximum atomic E-state index is 11.5. The van der Waals surface area contributed by atoms with Crippen LogP contribution in [0.15, 0.2) is 30.3 Å². The molecule has 0 aliphatic rings. The van der Waals surface area contributed by atoms with Crippen molar-refractivity contribution in [2.45, 2.75) is 26.2 Å². The van der Waals surface area contributed by atoms with E-state index in [0.717, 1.165) is 0 Å². The van der Waals surface area contributed by atoms with Gasteiger partial charge in [-0.3, -0.25) is 14.4 Å². The number of esters is 1. The third-order valence-electron chi connectivity index (χ3n) is 2.35. The highest BCUT2D eigenvalue weighted by molar-refractivity contribution is 5.85. The zero-order chi connectivity index (χ0) is 14.1. The molecule has 0 atom stereocenters. The van der Waals surface area contributed by atoms with Crippen LogP contribution in [-0.4, -0.2) is 24.2 Å². The van der Waals surface area contributed by atoms with E-state index in [1.165, 1.54) is 6.92 Å². The molecule has 19 heavy (non-hydrogen) atoms. The average Bonchev–Trinajstić information content (AvgIpc) is 2.37. The van der Waals surface area contributed by atoms with Crippen LogP contribution in [0.1, 0.15) is 26.2 Å². The van der Waals surface area contributed by atoms with Gasteiger partial charge >= 0.3 is 5.97 Å². The normalized spacial score (nSPS) is 9.74. The van der Waals surface area contributed by atoms with Gasteiger partial charge in [0.05, 0.1) is 6.54 Å². The van der Waals surface area contributed by atoms with Gasteiger partial charge in [-0.2, -0.15) is 0 Å². The maximum absolute atomic E-state index is 11.5. The van der Waals surface area contributed by atoms with Crippen molar-refractivity contribution in [1.82, 2.24) is 5.32 Å². The van der Waals surface area contributed by atoms with Crippen LogP contribution in [0.2, 0.25) is 0 Å². The number of nitrogens with one attached hydrogen (secondary N) is 1. The number of ketones is 1. The van der Waals surface area contributed by atoms with Crippen LogP contribution < -0.4 is 10.1 Å². The summed E-state index contributed by atoms with van der Waals surface area (Å²) in [6, 6.07) is 8.77. The molecule has 0 saturated heterocycles. The molecule has 0 bridgehead atoms. The summed E-state index contributed by atoms with van der Waals surface area (Å²) in [5.41, 5.74) is 0. The number of para-hydroxylation sites is 1. The number of carbonyl (C=O) groups is 3. The zero-order valence-corrected chi connectivity index (χ0v) is 10.8. The SMILES string of the molecule is CC(=O)NCC(=O)CCCC(=O)Oc1ccccc1. The van der Waals surface area contributed by atoms with E-state index >= 15 is 0 Å². The second-order valence-corrected chi connectivity index (χ2v) is 4.09. The van der Waals surface area contributed by atoms with Gasteiger partial charge < -0.3 is 10.1 Å². The average molecular weight is 263 g/mol. The molecule has 0 aromatic heterocycles. The topological polar surface area (TPSA) is 72.5 Å². The molecule has 5 nitrogen and oxygen atoms in total. The van der Waals surface area contributed by atoms with E-state index in [1.807, 2.05) is 6.07 Å². The Bertz CT molecular complexity index is 442. The predicted octanol–water partition coefficient (Wildman–Crippen LogP) is 1.47. The highest BCUT2D eigenvalue weighted by Gasteiger charge is 2.07. The molecule has 5 heteroatoms. The highest BCUT2D eigenvalue weighted by atomic mass is 16.5. The summed E-state index contributed by atoms with van der Waals surface area (Å²) in [6.07, 6.45) is 0.856. The number of rotatable bonds is 7. The molecule has 0 fully saturated rings. The van der Waals surface area contributed by atoms with Crippen LogP contribution in [0.25, 0.3) is 0 Å². The van der Waals surface area contributed by atoms with E-state index < -0.39 is 0 Å². The maximum Gasteiger partial charge on any atom is 0.311 e. The number of amides is 1. The zero-order valence-electron chi connectivity index (χ0n) is 10.8. The van der Waals surface area contributed by atoms with Crippen molar-refractivity contribution in [2.24, 2.45) is 0 Å². The molecule has 1 aromatic rings. The number of ether oxygens (including phenoxy) is 1. The van der Waals surface area contributed by atoms with Gasteiger partial charge in [0.15, 0.2) is 5.78 Å². The fourth-order valence-electron chi connectivity index (χ4n) is 1.41. The van der Waals surface area contributed by atoms with E-state index in [4.69, 9.17) is 4.74 Å². The standard InChI is InChI=1S/C14H17NO4/c1-11(16)15-10-12(17)6-5-9-14(18)19-13-7-3-2-4-8-13/h2-4,7-8H,5-6,9-10H2,1H3,(H,15,16). The van der Waals surface area contributed by atoms with Crippen molar-refractivity contribution in [1.29, 1.82) is 0 Å². The van der Waals surface area contributed by atoms with E-state index in [2.05, 4.69) is 5.32 Å². The first-order valence-electron chi connectivity index (χ1n) is 6.10. The number of hydrogen-bond acceptors (Lipinski definition) is 4. The summed E-state index contributed by atoms with van der Waals surface area (Å²) in [4.78, 5) is 33.4. The molecule has 0 heterocycles. The predicted molar refractivity (Wildman–Crippen MR) is 69.6 cm³/mol. The van der Waals surface area contributed by atoms with E-state index in [0.29, 0.717) is 12.2 Å². The van der Waals surface area contributed by atoms with Gasteiger partial charge in [0.2, 0.25) is 5.91 Å². The Morgan fingerprint density at radius 1 is 1.11 bits per heavy atom. The summed E-state index contributed by atoms with van der Waals surface area (Å²) >= 11 is 0. The second kappa shape index (κ2) is 8.02. The lowest BCUT2D eigenvalue weighted by Crippen LogP contribution is -2.27. The molecule has 1 amide bonds. The number of carbonyl (C=O) groups excluding carboxylic acids is 3. The second-order valence-electron chi connectivity index (χ2n) is 4.09. The van der Waals surface area contributed by atoms with Crippen molar-refractivity contribution in [3.8, 4) is 5.75 Å². The van der Waals surface area contributed by atoms with Gasteiger partial charge in [0.25, 0.3) is 0 Å². The molecule has 0 radical (unpaired) electrons. The van der Waals surface area contributed by atoms with Crippen molar-refractivity contribution >= 4 is 17.7 Å². The lowest BCUT2D eigenvalue weighted by Gasteiger charge is -2.04. The Hall–Kier alpha value is -2.17. The van der Waals surface area contributed by atoms with Crippen LogP contribution in [0.4, 0.5) is 0 Å². The summed E-state index contributed by atoms with van der Waals surface area (Å²) in [5, 5.41) is 2.42. The van der Waals surface area contributed by atoms with Gasteiger partial charge in [-0.1, -0.05) is 18.2 Å². The van der Waals surface area contributed by atoms with E-state index in [9.17, 15) is 14.4 Å². The summed E-state index contributed by atoms with van der Waals surface area (Å²) < 4.78 is 5.07. The van der Waals surface area contributed by atoms with Crippen molar-refractivity contribution < 1.29 is 19.1 Å². The van der Waals surface area contributed by atoms with Crippen LogP contribution in [0.3, 0.4) is 0 Å². The highest BCUT2D eigenvalue weighted by Crippen LogP contribution is 2.10. The number of Topliss-reactive ketones (excluding diaryl/α,β-unsaturated/α-hetero) is 1. The largest absolute Gasteiger partial charge is 0.427 e. The summed E-state index contributed by atoms with van der Waals surface area (Å²) in [7, 11) is 0. The lowest BCUT2D eigenvalue weighted by molar-refractivity contribution is -0.134. The minimum Gasteiger partial charge on any atom is -0.427 e. The Labute approximate surface area is 111 Å². The fourth-order valence-corrected chi connectivity index (χ4v) is 1.41. The van der Waals surface area contributed by atoms with Gasteiger partial charge in [-0.15, -0.1) is 0 Å². The van der Waals surface area contributed by atoms with Gasteiger partial charge in [-0.25, -0.2) is 0 Å². The molecular formula is C14H17NO4. The van der Waals surface area contributed by atoms with Crippen molar-refractivity contribution in [2.75, 3.05) is 6.54 Å². The smallest absolute Gasteiger partial charge is 0.311 e. The Kier molecular flexibility index (Phi) is 6.29. The summed E-state index contributed by atoms with van der Waals surface area (Å²) in [6.45, 7) is 1.37. The molecule has 1 aromatic carbocycles. The van der Waals surface area contributed by atoms with E-state index in [1.54, 1.807) is 24.3 Å². The quantitative estimate of drug-likeness (QED) is 0.597. The first-order valence-corrected chi connectivity index (χ1v) is 6.10. The molecule has 0 saturated carbocycles. The first kappa shape index (κ1) is 14.9. The molecular weight excluding hydrogens is 246 g/mol. The summed E-state index contributed by atoms with van der Waals surface area (Å²) in [5.74, 6) is -0.199. The van der Waals surface area contributed by atoms with E-state index in [-0.39, 0.29) is 37.0 Å². The van der Waals surface area contributed by atoms with Gasteiger partial charge in [0, 0.05) is 19.8 Å². The number of hydrogen-bond donors (Lipinski definition) is 1. The Morgan fingerprint density at radius 2 is 1.79 bits per heavy atom. The molecule has 0 unspecified atom stereocenters. The molecule has 0 aliphatic carbocycles. The van der Waals surface area contributed by atoms with Crippen LogP contribution in [0, 0.1) is 0 Å². The third-order valence-corrected chi connectivity index (χ3v) is 2.35. The van der Waals surface area contributed by atoms with Gasteiger partial charge in [-0.05, 0) is 18.6 Å². The third kappa shape index (κ3) is 6.98. The van der Waals surface area contributed by atoms with Crippen LogP contribution in [-0.2, 0) is 14.4 Å². The molecule has 102 valence electrons. The monoisotopic (exact) mass is 263 g/mol. The molecule has 1 N–H and O–H groups in total. The molecule has 1 rings (SSSR count). The Balaban J connectivity index is 2.17. The first-order chi connectivity index (χ1) is 9.08. The van der Waals surface area contributed by atoms with Crippen molar-refractivity contribution in [3.05, 3.63) is 30.3 Å². The van der Waals surface area contributed by atoms with Crippen LogP contribution in [0.5, 0.6) is 5.75 Å². The Morgan fingerprint density at radius 3 is 2.42 bits per heavy atom. The molecule has 0 spiro atoms. The molecule has 0 aliphatic heterocycles. The number of benzene rings is 1. The fraction of sp³-hybridized carbons (Fsp3) is 0.357. The minimum atomic E-state index is -0.362.